The number of para-hydroxylation sites is 2. The third kappa shape index (κ3) is 5.06. The molecule has 2 nitrogen and oxygen atoms in total. The van der Waals surface area contributed by atoms with Gasteiger partial charge in [0.25, 0.3) is 0 Å². The highest BCUT2D eigenvalue weighted by atomic mass is 28.3. The largest absolute Gasteiger partial charge is 0.387 e. The average molecular weight is 479 g/mol. The number of anilines is 2. The number of aryl methyl sites for hydroxylation is 4. The summed E-state index contributed by atoms with van der Waals surface area (Å²) in [5, 5.41) is 2.65. The fourth-order valence-electron chi connectivity index (χ4n) is 5.04. The number of benzene rings is 4. The van der Waals surface area contributed by atoms with Crippen molar-refractivity contribution in [3.05, 3.63) is 119 Å². The van der Waals surface area contributed by atoms with Gasteiger partial charge in [0.2, 0.25) is 0 Å². The summed E-state index contributed by atoms with van der Waals surface area (Å²) in [5.41, 5.74) is 8.06. The standard InChI is InChI=1S/C32H38N2Si/c1-5-25-17-15-18-26(6-2)31(25)33-35(29-21-11-9-12-22-29,30-23-13-10-14-24-30)34-32-27(7-3)19-16-20-28(32)8-4/h9-24,33-34H,5-8H2,1-4H3. The van der Waals surface area contributed by atoms with E-state index in [9.17, 15) is 0 Å². The molecule has 4 aromatic rings. The molecule has 0 aliphatic carbocycles. The van der Waals surface area contributed by atoms with Gasteiger partial charge >= 0.3 is 8.40 Å². The van der Waals surface area contributed by atoms with E-state index in [0.717, 1.165) is 25.7 Å². The second kappa shape index (κ2) is 11.4. The van der Waals surface area contributed by atoms with E-state index in [2.05, 4.69) is 135 Å². The fourth-order valence-corrected chi connectivity index (χ4v) is 8.79. The van der Waals surface area contributed by atoms with E-state index in [1.165, 1.54) is 44.0 Å². The highest BCUT2D eigenvalue weighted by Gasteiger charge is 2.41. The summed E-state index contributed by atoms with van der Waals surface area (Å²) in [4.78, 5) is 8.49. The molecule has 0 bridgehead atoms. The van der Waals surface area contributed by atoms with E-state index in [1.807, 2.05) is 0 Å². The number of hydrogen-bond acceptors (Lipinski definition) is 2. The van der Waals surface area contributed by atoms with Crippen LogP contribution < -0.4 is 20.3 Å². The van der Waals surface area contributed by atoms with Crippen LogP contribution in [-0.2, 0) is 25.7 Å². The van der Waals surface area contributed by atoms with Gasteiger partial charge in [-0.1, -0.05) is 125 Å². The van der Waals surface area contributed by atoms with Crippen molar-refractivity contribution in [2.75, 3.05) is 9.96 Å². The first-order valence-corrected chi connectivity index (χ1v) is 15.1. The van der Waals surface area contributed by atoms with Gasteiger partial charge in [-0.3, -0.25) is 0 Å². The first-order valence-electron chi connectivity index (χ1n) is 13.1. The van der Waals surface area contributed by atoms with Crippen LogP contribution in [0.4, 0.5) is 11.4 Å². The quantitative estimate of drug-likeness (QED) is 0.247. The Morgan fingerprint density at radius 2 is 0.743 bits per heavy atom. The molecule has 0 spiro atoms. The van der Waals surface area contributed by atoms with Crippen LogP contribution in [0.25, 0.3) is 0 Å². The Kier molecular flexibility index (Phi) is 8.09. The molecule has 180 valence electrons. The monoisotopic (exact) mass is 478 g/mol. The van der Waals surface area contributed by atoms with E-state index in [0.29, 0.717) is 0 Å². The van der Waals surface area contributed by atoms with Gasteiger partial charge in [0.1, 0.15) is 0 Å². The van der Waals surface area contributed by atoms with Gasteiger partial charge in [-0.25, -0.2) is 0 Å². The van der Waals surface area contributed by atoms with Crippen molar-refractivity contribution in [1.29, 1.82) is 0 Å². The van der Waals surface area contributed by atoms with Crippen LogP contribution in [0.5, 0.6) is 0 Å². The van der Waals surface area contributed by atoms with Crippen LogP contribution in [0, 0.1) is 0 Å². The molecular formula is C32H38N2Si. The highest BCUT2D eigenvalue weighted by Crippen LogP contribution is 2.29. The van der Waals surface area contributed by atoms with Gasteiger partial charge in [-0.2, -0.15) is 0 Å². The minimum absolute atomic E-state index is 0.996. The molecule has 0 radical (unpaired) electrons. The van der Waals surface area contributed by atoms with Gasteiger partial charge in [0.15, 0.2) is 0 Å². The predicted octanol–water partition coefficient (Wildman–Crippen LogP) is 6.72. The molecule has 0 amide bonds. The molecular weight excluding hydrogens is 440 g/mol. The van der Waals surface area contributed by atoms with Gasteiger partial charge in [0, 0.05) is 11.4 Å². The molecule has 4 aromatic carbocycles. The molecule has 0 saturated heterocycles. The normalized spacial score (nSPS) is 11.3. The SMILES string of the molecule is CCc1cccc(CC)c1N[Si](Nc1c(CC)cccc1CC)(c1ccccc1)c1ccccc1. The van der Waals surface area contributed by atoms with Crippen LogP contribution in [0.2, 0.25) is 0 Å². The summed E-state index contributed by atoms with van der Waals surface area (Å²) in [7, 11) is -2.72. The van der Waals surface area contributed by atoms with E-state index < -0.39 is 8.40 Å². The zero-order chi connectivity index (χ0) is 24.7. The summed E-state index contributed by atoms with van der Waals surface area (Å²) >= 11 is 0. The van der Waals surface area contributed by atoms with E-state index in [1.54, 1.807) is 0 Å². The third-order valence-electron chi connectivity index (χ3n) is 7.04. The average Bonchev–Trinajstić information content (AvgIpc) is 2.93. The summed E-state index contributed by atoms with van der Waals surface area (Å²) < 4.78 is 0. The topological polar surface area (TPSA) is 24.1 Å². The molecule has 4 rings (SSSR count). The van der Waals surface area contributed by atoms with E-state index in [4.69, 9.17) is 0 Å². The van der Waals surface area contributed by atoms with Gasteiger partial charge < -0.3 is 9.96 Å². The lowest BCUT2D eigenvalue weighted by Gasteiger charge is -2.38. The van der Waals surface area contributed by atoms with Gasteiger partial charge in [0.05, 0.1) is 0 Å². The lowest BCUT2D eigenvalue weighted by atomic mass is 10.0. The number of rotatable bonds is 10. The first-order chi connectivity index (χ1) is 17.2. The molecule has 0 atom stereocenters. The lowest BCUT2D eigenvalue weighted by Crippen LogP contribution is -2.71. The Morgan fingerprint density at radius 1 is 0.429 bits per heavy atom. The second-order valence-electron chi connectivity index (χ2n) is 9.05. The van der Waals surface area contributed by atoms with E-state index in [-0.39, 0.29) is 0 Å². The van der Waals surface area contributed by atoms with Crippen molar-refractivity contribution in [1.82, 2.24) is 0 Å². The van der Waals surface area contributed by atoms with Gasteiger partial charge in [-0.15, -0.1) is 0 Å². The molecule has 0 aliphatic heterocycles. The maximum atomic E-state index is 4.24. The van der Waals surface area contributed by atoms with Crippen LogP contribution >= 0.6 is 0 Å². The van der Waals surface area contributed by atoms with Crippen LogP contribution in [0.15, 0.2) is 97.1 Å². The van der Waals surface area contributed by atoms with Crippen molar-refractivity contribution in [3.8, 4) is 0 Å². The summed E-state index contributed by atoms with van der Waals surface area (Å²) in [5.74, 6) is 0. The van der Waals surface area contributed by atoms with E-state index >= 15 is 0 Å². The predicted molar refractivity (Wildman–Crippen MR) is 156 cm³/mol. The van der Waals surface area contributed by atoms with Gasteiger partial charge in [-0.05, 0) is 58.3 Å². The van der Waals surface area contributed by atoms with Crippen molar-refractivity contribution >= 4 is 30.1 Å². The van der Waals surface area contributed by atoms with Crippen molar-refractivity contribution in [2.24, 2.45) is 0 Å². The molecule has 0 aliphatic rings. The highest BCUT2D eigenvalue weighted by molar-refractivity contribution is 7.06. The summed E-state index contributed by atoms with van der Waals surface area (Å²) in [6, 6.07) is 35.6. The zero-order valence-electron chi connectivity index (χ0n) is 21.6. The fraction of sp³-hybridized carbons (Fsp3) is 0.250. The molecule has 3 heteroatoms. The van der Waals surface area contributed by atoms with Crippen molar-refractivity contribution in [3.63, 3.8) is 0 Å². The molecule has 0 saturated carbocycles. The van der Waals surface area contributed by atoms with Crippen molar-refractivity contribution < 1.29 is 0 Å². The Hall–Kier alpha value is -3.30. The molecule has 2 N–H and O–H groups in total. The Morgan fingerprint density at radius 3 is 1.03 bits per heavy atom. The first kappa shape index (κ1) is 24.8. The molecule has 0 fully saturated rings. The zero-order valence-corrected chi connectivity index (χ0v) is 22.6. The summed E-state index contributed by atoms with van der Waals surface area (Å²) in [6.07, 6.45) is 3.98. The minimum atomic E-state index is -2.72. The minimum Gasteiger partial charge on any atom is -0.387 e. The van der Waals surface area contributed by atoms with Crippen LogP contribution in [0.1, 0.15) is 49.9 Å². The summed E-state index contributed by atoms with van der Waals surface area (Å²) in [6.45, 7) is 9.01. The Labute approximate surface area is 212 Å². The third-order valence-corrected chi connectivity index (χ3v) is 10.7. The Balaban J connectivity index is 2.03. The Bertz CT molecular complexity index is 1090. The molecule has 0 unspecified atom stereocenters. The van der Waals surface area contributed by atoms with Crippen LogP contribution in [-0.4, -0.2) is 8.40 Å². The molecule has 0 heterocycles. The van der Waals surface area contributed by atoms with Crippen molar-refractivity contribution in [2.45, 2.75) is 53.4 Å². The van der Waals surface area contributed by atoms with Crippen LogP contribution in [0.3, 0.4) is 0 Å². The second-order valence-corrected chi connectivity index (χ2v) is 12.2. The maximum absolute atomic E-state index is 4.24. The number of hydrogen-bond donors (Lipinski definition) is 2. The molecule has 0 aromatic heterocycles. The smallest absolute Gasteiger partial charge is 0.326 e. The lowest BCUT2D eigenvalue weighted by molar-refractivity contribution is 1.09. The number of nitrogens with one attached hydrogen (secondary N) is 2. The molecule has 35 heavy (non-hydrogen) atoms. The maximum Gasteiger partial charge on any atom is 0.326 e.